The minimum absolute atomic E-state index is 0.409. The average molecular weight is 251 g/mol. The minimum atomic E-state index is -0.876. The summed E-state index contributed by atoms with van der Waals surface area (Å²) in [5.41, 5.74) is 1.28. The van der Waals surface area contributed by atoms with Crippen LogP contribution in [0.4, 0.5) is 0 Å². The fraction of sp³-hybridized carbons (Fsp3) is 0.750. The summed E-state index contributed by atoms with van der Waals surface area (Å²) in [6, 6.07) is -0.713. The maximum absolute atomic E-state index is 11.5. The standard InChI is InChI=1S/C12H17N3O3/c1-12(2)6-18-5-8-9(7-3-4-7)13-14-15(8)10(12)11(16)17/h7,10H,3-6H2,1-2H3,(H,16,17)/t10-/m1/s1. The Morgan fingerprint density at radius 2 is 2.22 bits per heavy atom. The lowest BCUT2D eigenvalue weighted by atomic mass is 9.85. The van der Waals surface area contributed by atoms with Crippen molar-refractivity contribution in [3.8, 4) is 0 Å². The fourth-order valence-corrected chi connectivity index (χ4v) is 2.61. The number of hydrogen-bond donors (Lipinski definition) is 1. The molecule has 0 spiro atoms. The molecule has 0 unspecified atom stereocenters. The number of hydrogen-bond acceptors (Lipinski definition) is 4. The van der Waals surface area contributed by atoms with Crippen LogP contribution in [0.1, 0.15) is 50.0 Å². The van der Waals surface area contributed by atoms with Gasteiger partial charge in [0, 0.05) is 11.3 Å². The Hall–Kier alpha value is -1.43. The number of rotatable bonds is 2. The molecule has 1 atom stereocenters. The summed E-state index contributed by atoms with van der Waals surface area (Å²) in [6.07, 6.45) is 2.24. The second kappa shape index (κ2) is 3.78. The van der Waals surface area contributed by atoms with E-state index in [1.165, 1.54) is 0 Å². The zero-order valence-electron chi connectivity index (χ0n) is 10.6. The summed E-state index contributed by atoms with van der Waals surface area (Å²) in [7, 11) is 0. The van der Waals surface area contributed by atoms with Gasteiger partial charge in [0.05, 0.1) is 24.6 Å². The Labute approximate surface area is 105 Å². The topological polar surface area (TPSA) is 77.2 Å². The molecule has 2 heterocycles. The van der Waals surface area contributed by atoms with Gasteiger partial charge in [-0.1, -0.05) is 19.1 Å². The molecule has 0 aromatic carbocycles. The van der Waals surface area contributed by atoms with Crippen LogP contribution in [0.5, 0.6) is 0 Å². The van der Waals surface area contributed by atoms with Crippen LogP contribution < -0.4 is 0 Å². The van der Waals surface area contributed by atoms with Crippen molar-refractivity contribution in [2.45, 2.75) is 45.3 Å². The molecule has 2 aliphatic rings. The quantitative estimate of drug-likeness (QED) is 0.858. The third-order valence-electron chi connectivity index (χ3n) is 3.72. The van der Waals surface area contributed by atoms with Gasteiger partial charge in [-0.25, -0.2) is 9.48 Å². The summed E-state index contributed by atoms with van der Waals surface area (Å²) in [5, 5.41) is 17.7. The molecule has 6 heteroatoms. The van der Waals surface area contributed by atoms with Gasteiger partial charge in [-0.15, -0.1) is 5.10 Å². The van der Waals surface area contributed by atoms with Gasteiger partial charge in [0.2, 0.25) is 0 Å². The van der Waals surface area contributed by atoms with Crippen molar-refractivity contribution >= 4 is 5.97 Å². The SMILES string of the molecule is CC1(C)COCc2c(C3CC3)nnn2[C@@H]1C(=O)O. The predicted molar refractivity (Wildman–Crippen MR) is 62.1 cm³/mol. The van der Waals surface area contributed by atoms with E-state index in [-0.39, 0.29) is 0 Å². The number of fused-ring (bicyclic) bond motifs is 1. The molecule has 18 heavy (non-hydrogen) atoms. The van der Waals surface area contributed by atoms with E-state index in [9.17, 15) is 9.90 Å². The van der Waals surface area contributed by atoms with Gasteiger partial charge in [-0.05, 0) is 12.8 Å². The van der Waals surface area contributed by atoms with Crippen molar-refractivity contribution in [3.63, 3.8) is 0 Å². The normalized spacial score (nSPS) is 26.4. The molecule has 3 rings (SSSR count). The molecule has 1 saturated carbocycles. The highest BCUT2D eigenvalue weighted by Crippen LogP contribution is 2.43. The van der Waals surface area contributed by atoms with Crippen molar-refractivity contribution in [2.75, 3.05) is 6.61 Å². The van der Waals surface area contributed by atoms with E-state index in [2.05, 4.69) is 10.3 Å². The first kappa shape index (κ1) is 11.6. The molecular weight excluding hydrogens is 234 g/mol. The van der Waals surface area contributed by atoms with Crippen LogP contribution >= 0.6 is 0 Å². The van der Waals surface area contributed by atoms with Crippen molar-refractivity contribution in [1.82, 2.24) is 15.0 Å². The maximum Gasteiger partial charge on any atom is 0.329 e. The van der Waals surface area contributed by atoms with E-state index in [0.29, 0.717) is 19.1 Å². The van der Waals surface area contributed by atoms with Crippen molar-refractivity contribution < 1.29 is 14.6 Å². The van der Waals surface area contributed by atoms with Gasteiger partial charge in [0.25, 0.3) is 0 Å². The fourth-order valence-electron chi connectivity index (χ4n) is 2.61. The molecular formula is C12H17N3O3. The number of carbonyl (C=O) groups is 1. The highest BCUT2D eigenvalue weighted by atomic mass is 16.5. The van der Waals surface area contributed by atoms with Gasteiger partial charge in [0.1, 0.15) is 0 Å². The Bertz CT molecular complexity index is 491. The van der Waals surface area contributed by atoms with Crippen molar-refractivity contribution in [1.29, 1.82) is 0 Å². The summed E-state index contributed by atoms with van der Waals surface area (Å²) >= 11 is 0. The van der Waals surface area contributed by atoms with Gasteiger partial charge in [-0.2, -0.15) is 0 Å². The van der Waals surface area contributed by atoms with E-state index in [4.69, 9.17) is 4.74 Å². The first-order valence-corrected chi connectivity index (χ1v) is 6.25. The van der Waals surface area contributed by atoms with E-state index in [0.717, 1.165) is 24.2 Å². The molecule has 0 radical (unpaired) electrons. The molecule has 98 valence electrons. The number of nitrogens with zero attached hydrogens (tertiary/aromatic N) is 3. The van der Waals surface area contributed by atoms with Crippen LogP contribution in [0.25, 0.3) is 0 Å². The number of aromatic nitrogens is 3. The molecule has 0 amide bonds. The van der Waals surface area contributed by atoms with Gasteiger partial charge < -0.3 is 9.84 Å². The second-order valence-electron chi connectivity index (χ2n) is 5.86. The Morgan fingerprint density at radius 3 is 2.83 bits per heavy atom. The molecule has 6 nitrogen and oxygen atoms in total. The first-order chi connectivity index (χ1) is 8.50. The largest absolute Gasteiger partial charge is 0.480 e. The Kier molecular flexibility index (Phi) is 2.45. The van der Waals surface area contributed by atoms with E-state index in [1.54, 1.807) is 4.68 Å². The number of carboxylic acid groups (broad SMARTS) is 1. The first-order valence-electron chi connectivity index (χ1n) is 6.25. The van der Waals surface area contributed by atoms with E-state index >= 15 is 0 Å². The van der Waals surface area contributed by atoms with Crippen LogP contribution in [-0.4, -0.2) is 32.7 Å². The lowest BCUT2D eigenvalue weighted by Crippen LogP contribution is -2.36. The maximum atomic E-state index is 11.5. The molecule has 1 N–H and O–H groups in total. The van der Waals surface area contributed by atoms with Crippen LogP contribution in [0.15, 0.2) is 0 Å². The van der Waals surface area contributed by atoms with Crippen LogP contribution in [0.3, 0.4) is 0 Å². The van der Waals surface area contributed by atoms with Gasteiger partial charge >= 0.3 is 5.97 Å². The van der Waals surface area contributed by atoms with E-state index in [1.807, 2.05) is 13.8 Å². The van der Waals surface area contributed by atoms with Gasteiger partial charge in [-0.3, -0.25) is 0 Å². The molecule has 1 aromatic rings. The van der Waals surface area contributed by atoms with E-state index < -0.39 is 17.4 Å². The molecule has 1 aromatic heterocycles. The van der Waals surface area contributed by atoms with Crippen LogP contribution in [0, 0.1) is 5.41 Å². The summed E-state index contributed by atoms with van der Waals surface area (Å²) in [6.45, 7) is 4.60. The summed E-state index contributed by atoms with van der Waals surface area (Å²) in [4.78, 5) is 11.5. The lowest BCUT2D eigenvalue weighted by molar-refractivity contribution is -0.146. The monoisotopic (exact) mass is 251 g/mol. The zero-order chi connectivity index (χ0) is 12.9. The highest BCUT2D eigenvalue weighted by molar-refractivity contribution is 5.73. The lowest BCUT2D eigenvalue weighted by Gasteiger charge is -2.28. The molecule has 1 aliphatic heterocycles. The Balaban J connectivity index is 2.09. The smallest absolute Gasteiger partial charge is 0.329 e. The predicted octanol–water partition coefficient (Wildman–Crippen LogP) is 1.34. The molecule has 1 aliphatic carbocycles. The Morgan fingerprint density at radius 1 is 1.50 bits per heavy atom. The second-order valence-corrected chi connectivity index (χ2v) is 5.86. The van der Waals surface area contributed by atoms with Crippen molar-refractivity contribution in [2.24, 2.45) is 5.41 Å². The third kappa shape index (κ3) is 1.71. The number of ether oxygens (including phenoxy) is 1. The van der Waals surface area contributed by atoms with Crippen LogP contribution in [0.2, 0.25) is 0 Å². The van der Waals surface area contributed by atoms with Gasteiger partial charge in [0.15, 0.2) is 6.04 Å². The zero-order valence-corrected chi connectivity index (χ0v) is 10.6. The summed E-state index contributed by atoms with van der Waals surface area (Å²) < 4.78 is 7.19. The molecule has 0 saturated heterocycles. The van der Waals surface area contributed by atoms with Crippen molar-refractivity contribution in [3.05, 3.63) is 11.4 Å². The highest BCUT2D eigenvalue weighted by Gasteiger charge is 2.43. The number of aliphatic carboxylic acids is 1. The molecule has 0 bridgehead atoms. The molecule has 1 fully saturated rings. The minimum Gasteiger partial charge on any atom is -0.480 e. The third-order valence-corrected chi connectivity index (χ3v) is 3.72. The number of carboxylic acids is 1. The average Bonchev–Trinajstić information content (AvgIpc) is 3.04. The summed E-state index contributed by atoms with van der Waals surface area (Å²) in [5.74, 6) is -0.424. The van der Waals surface area contributed by atoms with Crippen LogP contribution in [-0.2, 0) is 16.1 Å².